The van der Waals surface area contributed by atoms with E-state index in [4.69, 9.17) is 0 Å². The molecule has 1 saturated heterocycles. The maximum atomic E-state index is 4.63. The number of nitrogens with one attached hydrogen (secondary N) is 1. The molecule has 0 radical (unpaired) electrons. The van der Waals surface area contributed by atoms with Crippen LogP contribution < -0.4 is 10.2 Å². The minimum absolute atomic E-state index is 0.649. The van der Waals surface area contributed by atoms with Gasteiger partial charge in [-0.3, -0.25) is 0 Å². The van der Waals surface area contributed by atoms with E-state index in [0.717, 1.165) is 17.1 Å². The van der Waals surface area contributed by atoms with Crippen LogP contribution in [0.1, 0.15) is 31.2 Å². The Balaban J connectivity index is 1.79. The zero-order valence-electron chi connectivity index (χ0n) is 10.8. The van der Waals surface area contributed by atoms with E-state index >= 15 is 0 Å². The predicted molar refractivity (Wildman–Crippen MR) is 78.1 cm³/mol. The molecule has 1 aliphatic heterocycles. The monoisotopic (exact) mass is 309 g/mol. The third-order valence-electron chi connectivity index (χ3n) is 3.86. The molecular weight excluding hydrogens is 290 g/mol. The standard InChI is InChI=1S/C14H20BrN3/c1-10-7-11(15)8-17-14(10)18(13-4-5-13)9-12-3-2-6-16-12/h7-8,12-13,16H,2-6,9H2,1H3. The molecule has 0 aromatic carbocycles. The molecular formula is C14H20BrN3. The van der Waals surface area contributed by atoms with Gasteiger partial charge in [0.2, 0.25) is 0 Å². The van der Waals surface area contributed by atoms with Crippen molar-refractivity contribution in [2.75, 3.05) is 18.0 Å². The summed E-state index contributed by atoms with van der Waals surface area (Å²) in [6, 6.07) is 3.54. The Kier molecular flexibility index (Phi) is 3.57. The molecule has 1 atom stereocenters. The van der Waals surface area contributed by atoms with Crippen LogP contribution in [0.2, 0.25) is 0 Å². The number of rotatable bonds is 4. The molecule has 18 heavy (non-hydrogen) atoms. The van der Waals surface area contributed by atoms with Crippen LogP contribution in [0.5, 0.6) is 0 Å². The first-order chi connectivity index (χ1) is 8.74. The van der Waals surface area contributed by atoms with Crippen molar-refractivity contribution < 1.29 is 0 Å². The highest BCUT2D eigenvalue weighted by atomic mass is 79.9. The molecule has 1 saturated carbocycles. The summed E-state index contributed by atoms with van der Waals surface area (Å²) in [7, 11) is 0. The molecule has 0 amide bonds. The molecule has 1 unspecified atom stereocenters. The first-order valence-corrected chi connectivity index (χ1v) is 7.65. The molecule has 1 aromatic heterocycles. The minimum Gasteiger partial charge on any atom is -0.352 e. The largest absolute Gasteiger partial charge is 0.352 e. The molecule has 98 valence electrons. The van der Waals surface area contributed by atoms with Crippen molar-refractivity contribution in [2.24, 2.45) is 0 Å². The SMILES string of the molecule is Cc1cc(Br)cnc1N(CC1CCCN1)C1CC1. The highest BCUT2D eigenvalue weighted by molar-refractivity contribution is 9.10. The molecule has 0 spiro atoms. The summed E-state index contributed by atoms with van der Waals surface area (Å²) in [5.74, 6) is 1.18. The number of aryl methyl sites for hydroxylation is 1. The van der Waals surface area contributed by atoms with Crippen molar-refractivity contribution in [2.45, 2.75) is 44.7 Å². The zero-order chi connectivity index (χ0) is 12.5. The molecule has 3 nitrogen and oxygen atoms in total. The van der Waals surface area contributed by atoms with E-state index in [9.17, 15) is 0 Å². The van der Waals surface area contributed by atoms with E-state index in [1.807, 2.05) is 6.20 Å². The summed E-state index contributed by atoms with van der Waals surface area (Å²) in [6.07, 6.45) is 7.18. The normalized spacial score (nSPS) is 23.3. The zero-order valence-corrected chi connectivity index (χ0v) is 12.4. The van der Waals surface area contributed by atoms with Gasteiger partial charge in [0.1, 0.15) is 5.82 Å². The number of halogens is 1. The van der Waals surface area contributed by atoms with Gasteiger partial charge in [0.15, 0.2) is 0 Å². The van der Waals surface area contributed by atoms with Gasteiger partial charge in [-0.25, -0.2) is 4.98 Å². The van der Waals surface area contributed by atoms with Crippen molar-refractivity contribution in [3.63, 3.8) is 0 Å². The molecule has 2 fully saturated rings. The van der Waals surface area contributed by atoms with Crippen LogP contribution in [-0.2, 0) is 0 Å². The Morgan fingerprint density at radius 2 is 2.28 bits per heavy atom. The lowest BCUT2D eigenvalue weighted by Gasteiger charge is -2.28. The van der Waals surface area contributed by atoms with Gasteiger partial charge in [-0.15, -0.1) is 0 Å². The van der Waals surface area contributed by atoms with Crippen LogP contribution in [0, 0.1) is 6.92 Å². The molecule has 4 heteroatoms. The minimum atomic E-state index is 0.649. The maximum Gasteiger partial charge on any atom is 0.131 e. The Labute approximate surface area is 117 Å². The summed E-state index contributed by atoms with van der Waals surface area (Å²) in [4.78, 5) is 7.15. The van der Waals surface area contributed by atoms with Gasteiger partial charge in [-0.2, -0.15) is 0 Å². The quantitative estimate of drug-likeness (QED) is 0.927. The van der Waals surface area contributed by atoms with Gasteiger partial charge in [0, 0.05) is 29.3 Å². The number of hydrogen-bond donors (Lipinski definition) is 1. The van der Waals surface area contributed by atoms with E-state index < -0.39 is 0 Å². The van der Waals surface area contributed by atoms with Gasteiger partial charge in [-0.1, -0.05) is 0 Å². The third-order valence-corrected chi connectivity index (χ3v) is 4.29. The van der Waals surface area contributed by atoms with Crippen LogP contribution in [0.4, 0.5) is 5.82 Å². The van der Waals surface area contributed by atoms with Crippen molar-refractivity contribution in [1.82, 2.24) is 10.3 Å². The third kappa shape index (κ3) is 2.69. The van der Waals surface area contributed by atoms with E-state index in [0.29, 0.717) is 6.04 Å². The molecule has 2 heterocycles. The van der Waals surface area contributed by atoms with Gasteiger partial charge < -0.3 is 10.2 Å². The van der Waals surface area contributed by atoms with Crippen molar-refractivity contribution >= 4 is 21.7 Å². The Morgan fingerprint density at radius 3 is 2.89 bits per heavy atom. The van der Waals surface area contributed by atoms with Crippen molar-refractivity contribution in [3.8, 4) is 0 Å². The summed E-state index contributed by atoms with van der Waals surface area (Å²) >= 11 is 3.49. The van der Waals surface area contributed by atoms with E-state index in [1.54, 1.807) is 0 Å². The topological polar surface area (TPSA) is 28.2 Å². The molecule has 0 bridgehead atoms. The summed E-state index contributed by atoms with van der Waals surface area (Å²) in [5.41, 5.74) is 1.27. The molecule has 3 rings (SSSR count). The van der Waals surface area contributed by atoms with Gasteiger partial charge in [0.05, 0.1) is 0 Å². The highest BCUT2D eigenvalue weighted by Gasteiger charge is 2.32. The highest BCUT2D eigenvalue weighted by Crippen LogP contribution is 2.33. The van der Waals surface area contributed by atoms with E-state index in [2.05, 4.69) is 44.1 Å². The Bertz CT molecular complexity index is 425. The number of hydrogen-bond acceptors (Lipinski definition) is 3. The molecule has 1 N–H and O–H groups in total. The lowest BCUT2D eigenvalue weighted by atomic mass is 10.2. The molecule has 1 aromatic rings. The Hall–Kier alpha value is -0.610. The lowest BCUT2D eigenvalue weighted by Crippen LogP contribution is -2.39. The smallest absolute Gasteiger partial charge is 0.131 e. The van der Waals surface area contributed by atoms with Gasteiger partial charge in [-0.05, 0) is 66.7 Å². The second-order valence-corrected chi connectivity index (χ2v) is 6.39. The van der Waals surface area contributed by atoms with Crippen molar-refractivity contribution in [3.05, 3.63) is 22.3 Å². The fourth-order valence-corrected chi connectivity index (χ4v) is 3.22. The average molecular weight is 310 g/mol. The molecule has 1 aliphatic carbocycles. The van der Waals surface area contributed by atoms with E-state index in [1.165, 1.54) is 43.6 Å². The number of nitrogens with zero attached hydrogens (tertiary/aromatic N) is 2. The first kappa shape index (κ1) is 12.4. The number of anilines is 1. The van der Waals surface area contributed by atoms with Crippen LogP contribution in [-0.4, -0.2) is 30.2 Å². The van der Waals surface area contributed by atoms with Crippen LogP contribution in [0.15, 0.2) is 16.7 Å². The van der Waals surface area contributed by atoms with Crippen LogP contribution in [0.25, 0.3) is 0 Å². The Morgan fingerprint density at radius 1 is 1.44 bits per heavy atom. The first-order valence-electron chi connectivity index (χ1n) is 6.86. The fourth-order valence-electron chi connectivity index (χ4n) is 2.78. The van der Waals surface area contributed by atoms with Gasteiger partial charge in [0.25, 0.3) is 0 Å². The van der Waals surface area contributed by atoms with Crippen LogP contribution >= 0.6 is 15.9 Å². The average Bonchev–Trinajstić information content (AvgIpc) is 3.05. The second kappa shape index (κ2) is 5.17. The lowest BCUT2D eigenvalue weighted by molar-refractivity contribution is 0.575. The predicted octanol–water partition coefficient (Wildman–Crippen LogP) is 2.87. The van der Waals surface area contributed by atoms with Crippen molar-refractivity contribution in [1.29, 1.82) is 0 Å². The summed E-state index contributed by atoms with van der Waals surface area (Å²) < 4.78 is 1.07. The summed E-state index contributed by atoms with van der Waals surface area (Å²) in [5, 5.41) is 3.59. The fraction of sp³-hybridized carbons (Fsp3) is 0.643. The molecule has 2 aliphatic rings. The summed E-state index contributed by atoms with van der Waals surface area (Å²) in [6.45, 7) is 4.45. The van der Waals surface area contributed by atoms with E-state index in [-0.39, 0.29) is 0 Å². The van der Waals surface area contributed by atoms with Gasteiger partial charge >= 0.3 is 0 Å². The second-order valence-electron chi connectivity index (χ2n) is 5.47. The maximum absolute atomic E-state index is 4.63. The number of aromatic nitrogens is 1. The van der Waals surface area contributed by atoms with Crippen LogP contribution in [0.3, 0.4) is 0 Å². The number of pyridine rings is 1.